The Labute approximate surface area is 108 Å². The summed E-state index contributed by atoms with van der Waals surface area (Å²) in [5.74, 6) is 0. The molecule has 0 saturated carbocycles. The van der Waals surface area contributed by atoms with Gasteiger partial charge in [0, 0.05) is 25.4 Å². The van der Waals surface area contributed by atoms with E-state index in [4.69, 9.17) is 4.74 Å². The molecule has 1 amide bonds. The molecule has 0 fully saturated rings. The fraction of sp³-hybridized carbons (Fsp3) is 0.692. The van der Waals surface area contributed by atoms with E-state index in [1.807, 2.05) is 38.7 Å². The molecule has 1 aliphatic rings. The first-order chi connectivity index (χ1) is 8.35. The Morgan fingerprint density at radius 3 is 2.83 bits per heavy atom. The number of hydrogen-bond acceptors (Lipinski definition) is 3. The van der Waals surface area contributed by atoms with Crippen LogP contribution < -0.4 is 0 Å². The van der Waals surface area contributed by atoms with Gasteiger partial charge in [0.2, 0.25) is 0 Å². The van der Waals surface area contributed by atoms with E-state index in [2.05, 4.69) is 5.10 Å². The fourth-order valence-corrected chi connectivity index (χ4v) is 2.13. The Hall–Kier alpha value is -1.52. The molecule has 0 bridgehead atoms. The van der Waals surface area contributed by atoms with E-state index in [0.29, 0.717) is 6.54 Å². The highest BCUT2D eigenvalue weighted by molar-refractivity contribution is 5.68. The van der Waals surface area contributed by atoms with Gasteiger partial charge in [-0.15, -0.1) is 0 Å². The molecule has 2 rings (SSSR count). The first-order valence-corrected chi connectivity index (χ1v) is 6.34. The minimum Gasteiger partial charge on any atom is -0.444 e. The molecule has 0 atom stereocenters. The molecule has 0 spiro atoms. The van der Waals surface area contributed by atoms with Crippen LogP contribution in [0.4, 0.5) is 4.79 Å². The largest absolute Gasteiger partial charge is 0.444 e. The quantitative estimate of drug-likeness (QED) is 0.709. The van der Waals surface area contributed by atoms with Crippen molar-refractivity contribution in [1.82, 2.24) is 14.7 Å². The Morgan fingerprint density at radius 1 is 1.44 bits per heavy atom. The standard InChI is InChI=1S/C13H21N3O2/c1-13(2,3)18-12(17)16-7-5-6-11-10(9-16)8-15(4)14-11/h8H,5-7,9H2,1-4H3. The molecule has 0 N–H and O–H groups in total. The third-order valence-corrected chi connectivity index (χ3v) is 2.85. The lowest BCUT2D eigenvalue weighted by molar-refractivity contribution is 0.0236. The van der Waals surface area contributed by atoms with E-state index >= 15 is 0 Å². The van der Waals surface area contributed by atoms with Gasteiger partial charge in [0.15, 0.2) is 0 Å². The number of amides is 1. The van der Waals surface area contributed by atoms with Crippen molar-refractivity contribution < 1.29 is 9.53 Å². The second-order valence-corrected chi connectivity index (χ2v) is 5.78. The van der Waals surface area contributed by atoms with Gasteiger partial charge in [-0.05, 0) is 33.6 Å². The fourth-order valence-electron chi connectivity index (χ4n) is 2.13. The molecule has 5 nitrogen and oxygen atoms in total. The van der Waals surface area contributed by atoms with Gasteiger partial charge >= 0.3 is 6.09 Å². The lowest BCUT2D eigenvalue weighted by Gasteiger charge is -2.26. The molecule has 1 aromatic rings. The predicted molar refractivity (Wildman–Crippen MR) is 68.2 cm³/mol. The minimum atomic E-state index is -0.443. The molecule has 18 heavy (non-hydrogen) atoms. The number of carbonyl (C=O) groups excluding carboxylic acids is 1. The SMILES string of the molecule is Cn1cc2c(n1)CCCN(C(=O)OC(C)(C)C)C2. The Kier molecular flexibility index (Phi) is 3.32. The van der Waals surface area contributed by atoms with Crippen LogP contribution in [0.3, 0.4) is 0 Å². The molecule has 0 aliphatic carbocycles. The maximum Gasteiger partial charge on any atom is 0.410 e. The molecule has 5 heteroatoms. The highest BCUT2D eigenvalue weighted by Gasteiger charge is 2.25. The Balaban J connectivity index is 2.09. The van der Waals surface area contributed by atoms with Crippen molar-refractivity contribution in [2.45, 2.75) is 45.8 Å². The maximum atomic E-state index is 12.1. The van der Waals surface area contributed by atoms with Crippen LogP contribution in [0.15, 0.2) is 6.20 Å². The van der Waals surface area contributed by atoms with Crippen LogP contribution in [0, 0.1) is 0 Å². The van der Waals surface area contributed by atoms with E-state index in [-0.39, 0.29) is 6.09 Å². The van der Waals surface area contributed by atoms with E-state index in [0.717, 1.165) is 30.6 Å². The molecule has 2 heterocycles. The van der Waals surface area contributed by atoms with Crippen molar-refractivity contribution in [2.75, 3.05) is 6.54 Å². The zero-order valence-electron chi connectivity index (χ0n) is 11.6. The van der Waals surface area contributed by atoms with Gasteiger partial charge in [-0.25, -0.2) is 4.79 Å². The Morgan fingerprint density at radius 2 is 2.17 bits per heavy atom. The molecule has 0 unspecified atom stereocenters. The van der Waals surface area contributed by atoms with Crippen molar-refractivity contribution in [2.24, 2.45) is 7.05 Å². The molecule has 100 valence electrons. The minimum absolute atomic E-state index is 0.237. The number of nitrogens with zero attached hydrogens (tertiary/aromatic N) is 3. The molecule has 1 aliphatic heterocycles. The second-order valence-electron chi connectivity index (χ2n) is 5.78. The van der Waals surface area contributed by atoms with Crippen LogP contribution in [0.1, 0.15) is 38.4 Å². The average Bonchev–Trinajstić information content (AvgIpc) is 2.43. The molecule has 0 radical (unpaired) electrons. The Bertz CT molecular complexity index is 446. The van der Waals surface area contributed by atoms with Crippen LogP contribution in [0.2, 0.25) is 0 Å². The highest BCUT2D eigenvalue weighted by Crippen LogP contribution is 2.19. The van der Waals surface area contributed by atoms with Gasteiger partial charge < -0.3 is 9.64 Å². The smallest absolute Gasteiger partial charge is 0.410 e. The average molecular weight is 251 g/mol. The first-order valence-electron chi connectivity index (χ1n) is 6.34. The summed E-state index contributed by atoms with van der Waals surface area (Å²) in [6.07, 6.45) is 3.61. The summed E-state index contributed by atoms with van der Waals surface area (Å²) in [5.41, 5.74) is 1.78. The zero-order chi connectivity index (χ0) is 13.3. The van der Waals surface area contributed by atoms with Crippen molar-refractivity contribution in [3.63, 3.8) is 0 Å². The number of hydrogen-bond donors (Lipinski definition) is 0. The zero-order valence-corrected chi connectivity index (χ0v) is 11.6. The summed E-state index contributed by atoms with van der Waals surface area (Å²) >= 11 is 0. The van der Waals surface area contributed by atoms with Gasteiger partial charge in [0.05, 0.1) is 12.2 Å². The van der Waals surface area contributed by atoms with E-state index in [1.54, 1.807) is 4.90 Å². The maximum absolute atomic E-state index is 12.1. The number of aromatic nitrogens is 2. The summed E-state index contributed by atoms with van der Waals surface area (Å²) in [6, 6.07) is 0. The molecule has 0 aromatic carbocycles. The number of fused-ring (bicyclic) bond motifs is 1. The summed E-state index contributed by atoms with van der Waals surface area (Å²) < 4.78 is 7.22. The lowest BCUT2D eigenvalue weighted by atomic mass is 10.2. The van der Waals surface area contributed by atoms with Crippen molar-refractivity contribution >= 4 is 6.09 Å². The van der Waals surface area contributed by atoms with Crippen LogP contribution in [-0.4, -0.2) is 32.9 Å². The molecule has 0 saturated heterocycles. The van der Waals surface area contributed by atoms with E-state index in [9.17, 15) is 4.79 Å². The van der Waals surface area contributed by atoms with Crippen molar-refractivity contribution in [3.8, 4) is 0 Å². The second kappa shape index (κ2) is 4.63. The summed E-state index contributed by atoms with van der Waals surface area (Å²) in [7, 11) is 1.91. The summed E-state index contributed by atoms with van der Waals surface area (Å²) in [4.78, 5) is 13.8. The third-order valence-electron chi connectivity index (χ3n) is 2.85. The summed E-state index contributed by atoms with van der Waals surface area (Å²) in [5, 5.41) is 4.42. The van der Waals surface area contributed by atoms with Gasteiger partial charge in [-0.1, -0.05) is 0 Å². The number of rotatable bonds is 0. The van der Waals surface area contributed by atoms with Gasteiger partial charge in [-0.2, -0.15) is 5.10 Å². The molecule has 1 aromatic heterocycles. The topological polar surface area (TPSA) is 47.4 Å². The third kappa shape index (κ3) is 3.03. The number of carbonyl (C=O) groups is 1. The van der Waals surface area contributed by atoms with Gasteiger partial charge in [-0.3, -0.25) is 4.68 Å². The highest BCUT2D eigenvalue weighted by atomic mass is 16.6. The summed E-state index contributed by atoms with van der Waals surface area (Å²) in [6.45, 7) is 6.99. The lowest BCUT2D eigenvalue weighted by Crippen LogP contribution is -2.36. The van der Waals surface area contributed by atoms with Crippen molar-refractivity contribution in [1.29, 1.82) is 0 Å². The van der Waals surface area contributed by atoms with Crippen LogP contribution in [-0.2, 0) is 24.8 Å². The van der Waals surface area contributed by atoms with Crippen molar-refractivity contribution in [3.05, 3.63) is 17.5 Å². The number of ether oxygens (including phenoxy) is 1. The number of aryl methyl sites for hydroxylation is 2. The van der Waals surface area contributed by atoms with Crippen LogP contribution in [0.5, 0.6) is 0 Å². The van der Waals surface area contributed by atoms with E-state index in [1.165, 1.54) is 0 Å². The monoisotopic (exact) mass is 251 g/mol. The molecular weight excluding hydrogens is 230 g/mol. The van der Waals surface area contributed by atoms with Crippen LogP contribution >= 0.6 is 0 Å². The van der Waals surface area contributed by atoms with E-state index < -0.39 is 5.60 Å². The van der Waals surface area contributed by atoms with Gasteiger partial charge in [0.25, 0.3) is 0 Å². The molecular formula is C13H21N3O2. The van der Waals surface area contributed by atoms with Crippen LogP contribution in [0.25, 0.3) is 0 Å². The first kappa shape index (κ1) is 12.9. The van der Waals surface area contributed by atoms with Gasteiger partial charge in [0.1, 0.15) is 5.60 Å². The normalized spacial score (nSPS) is 16.1. The predicted octanol–water partition coefficient (Wildman–Crippen LogP) is 2.10.